The molecule has 0 spiro atoms. The van der Waals surface area contributed by atoms with E-state index in [1.54, 1.807) is 0 Å². The van der Waals surface area contributed by atoms with Crippen LogP contribution in [0.1, 0.15) is 39.5 Å². The van der Waals surface area contributed by atoms with Crippen molar-refractivity contribution in [2.45, 2.75) is 51.6 Å². The summed E-state index contributed by atoms with van der Waals surface area (Å²) in [6.07, 6.45) is 5.82. The van der Waals surface area contributed by atoms with E-state index in [0.717, 1.165) is 23.9 Å². The second-order valence-electron chi connectivity index (χ2n) is 4.70. The summed E-state index contributed by atoms with van der Waals surface area (Å²) in [7, 11) is 0. The Hall–Kier alpha value is 0.690. The van der Waals surface area contributed by atoms with Crippen molar-refractivity contribution in [3.63, 3.8) is 0 Å². The fourth-order valence-electron chi connectivity index (χ4n) is 2.71. The molecular weight excluding hydrogens is 261 g/mol. The van der Waals surface area contributed by atoms with E-state index in [1.165, 1.54) is 25.7 Å². The number of halogens is 1. The first-order chi connectivity index (χ1) is 5.68. The highest BCUT2D eigenvalue weighted by atomic mass is 127. The third-order valence-electron chi connectivity index (χ3n) is 3.62. The van der Waals surface area contributed by atoms with Crippen molar-refractivity contribution < 1.29 is 0 Å². The molecule has 0 aromatic rings. The molecule has 0 saturated carbocycles. The molecule has 2 bridgehead atoms. The molecule has 1 nitrogen and oxygen atoms in total. The Morgan fingerprint density at radius 1 is 1.17 bits per heavy atom. The predicted octanol–water partition coefficient (Wildman–Crippen LogP) is 3.24. The lowest BCUT2D eigenvalue weighted by Gasteiger charge is -2.36. The van der Waals surface area contributed by atoms with Gasteiger partial charge in [-0.05, 0) is 37.5 Å². The summed E-state index contributed by atoms with van der Waals surface area (Å²) in [6.45, 7) is 4.76. The molecule has 2 unspecified atom stereocenters. The van der Waals surface area contributed by atoms with Gasteiger partial charge in [-0.1, -0.05) is 13.8 Å². The van der Waals surface area contributed by atoms with Crippen molar-refractivity contribution in [1.29, 1.82) is 0 Å². The summed E-state index contributed by atoms with van der Waals surface area (Å²) in [5.41, 5.74) is 0. The van der Waals surface area contributed by atoms with Gasteiger partial charge in [-0.15, -0.1) is 0 Å². The summed E-state index contributed by atoms with van der Waals surface area (Å²) < 4.78 is 2.59. The van der Waals surface area contributed by atoms with Gasteiger partial charge in [-0.2, -0.15) is 0 Å². The topological polar surface area (TPSA) is 3.24 Å². The van der Waals surface area contributed by atoms with Crippen LogP contribution in [0.3, 0.4) is 0 Å². The van der Waals surface area contributed by atoms with Gasteiger partial charge < -0.3 is 0 Å². The van der Waals surface area contributed by atoms with Crippen molar-refractivity contribution >= 4 is 22.9 Å². The minimum atomic E-state index is 0.901. The summed E-state index contributed by atoms with van der Waals surface area (Å²) in [5, 5.41) is 0. The van der Waals surface area contributed by atoms with Gasteiger partial charge in [0, 0.05) is 34.9 Å². The summed E-state index contributed by atoms with van der Waals surface area (Å²) in [6, 6.07) is 1.83. The number of fused-ring (bicyclic) bond motifs is 2. The molecule has 0 radical (unpaired) electrons. The zero-order chi connectivity index (χ0) is 8.72. The zero-order valence-corrected chi connectivity index (χ0v) is 10.1. The molecule has 2 rings (SSSR count). The molecule has 2 fully saturated rings. The number of rotatable bonds is 1. The highest BCUT2D eigenvalue weighted by molar-refractivity contribution is 14.1. The molecule has 12 heavy (non-hydrogen) atoms. The first kappa shape index (κ1) is 9.25. The molecule has 2 aliphatic heterocycles. The van der Waals surface area contributed by atoms with Gasteiger partial charge in [-0.25, -0.2) is 3.11 Å². The van der Waals surface area contributed by atoms with E-state index >= 15 is 0 Å². The van der Waals surface area contributed by atoms with E-state index in [4.69, 9.17) is 0 Å². The molecule has 70 valence electrons. The summed E-state index contributed by atoms with van der Waals surface area (Å²) in [4.78, 5) is 0. The van der Waals surface area contributed by atoms with E-state index in [2.05, 4.69) is 39.8 Å². The number of hydrogen-bond acceptors (Lipinski definition) is 1. The summed E-state index contributed by atoms with van der Waals surface area (Å²) in [5.74, 6) is 1.91. The monoisotopic (exact) mass is 279 g/mol. The molecular formula is C10H18IN. The molecule has 2 saturated heterocycles. The van der Waals surface area contributed by atoms with Gasteiger partial charge in [0.1, 0.15) is 0 Å². The first-order valence-corrected chi connectivity index (χ1v) is 6.09. The van der Waals surface area contributed by atoms with E-state index < -0.39 is 0 Å². The Labute approximate surface area is 89.4 Å². The lowest BCUT2D eigenvalue weighted by Crippen LogP contribution is -2.37. The SMILES string of the molecule is CC(C)C1CC2CCC(C1)N2I. The second kappa shape index (κ2) is 3.45. The Balaban J connectivity index is 2.02. The maximum atomic E-state index is 2.59. The lowest BCUT2D eigenvalue weighted by molar-refractivity contribution is 0.183. The molecule has 2 aliphatic rings. The van der Waals surface area contributed by atoms with Crippen LogP contribution in [0.2, 0.25) is 0 Å². The minimum absolute atomic E-state index is 0.901. The van der Waals surface area contributed by atoms with Gasteiger partial charge in [0.15, 0.2) is 0 Å². The smallest absolute Gasteiger partial charge is 0.0207 e. The molecule has 0 N–H and O–H groups in total. The van der Waals surface area contributed by atoms with Gasteiger partial charge in [0.25, 0.3) is 0 Å². The normalized spacial score (nSPS) is 42.5. The van der Waals surface area contributed by atoms with Crippen LogP contribution in [0.25, 0.3) is 0 Å². The number of piperidine rings is 1. The second-order valence-corrected chi connectivity index (χ2v) is 5.82. The van der Waals surface area contributed by atoms with Gasteiger partial charge in [0.05, 0.1) is 0 Å². The Bertz CT molecular complexity index is 155. The summed E-state index contributed by atoms with van der Waals surface area (Å²) >= 11 is 2.54. The third kappa shape index (κ3) is 1.52. The highest BCUT2D eigenvalue weighted by Gasteiger charge is 2.40. The maximum Gasteiger partial charge on any atom is 0.0207 e. The van der Waals surface area contributed by atoms with Gasteiger partial charge in [0.2, 0.25) is 0 Å². The highest BCUT2D eigenvalue weighted by Crippen LogP contribution is 2.42. The predicted molar refractivity (Wildman–Crippen MR) is 60.2 cm³/mol. The molecule has 2 atom stereocenters. The van der Waals surface area contributed by atoms with E-state index in [-0.39, 0.29) is 0 Å². The van der Waals surface area contributed by atoms with E-state index in [9.17, 15) is 0 Å². The average Bonchev–Trinajstić information content (AvgIpc) is 2.30. The average molecular weight is 279 g/mol. The van der Waals surface area contributed by atoms with Crippen LogP contribution >= 0.6 is 22.9 Å². The van der Waals surface area contributed by atoms with Crippen molar-refractivity contribution in [3.8, 4) is 0 Å². The van der Waals surface area contributed by atoms with Crippen LogP contribution in [-0.2, 0) is 0 Å². The van der Waals surface area contributed by atoms with Gasteiger partial charge >= 0.3 is 0 Å². The molecule has 2 heterocycles. The van der Waals surface area contributed by atoms with Crippen LogP contribution in [0.15, 0.2) is 0 Å². The van der Waals surface area contributed by atoms with Crippen molar-refractivity contribution in [2.24, 2.45) is 11.8 Å². The third-order valence-corrected chi connectivity index (χ3v) is 5.20. The van der Waals surface area contributed by atoms with E-state index in [1.807, 2.05) is 0 Å². The minimum Gasteiger partial charge on any atom is -0.241 e. The Morgan fingerprint density at radius 3 is 2.08 bits per heavy atom. The van der Waals surface area contributed by atoms with Crippen LogP contribution in [0.4, 0.5) is 0 Å². The van der Waals surface area contributed by atoms with Crippen molar-refractivity contribution in [3.05, 3.63) is 0 Å². The number of hydrogen-bond donors (Lipinski definition) is 0. The largest absolute Gasteiger partial charge is 0.241 e. The maximum absolute atomic E-state index is 2.59. The molecule has 2 heteroatoms. The Kier molecular flexibility index (Phi) is 2.66. The van der Waals surface area contributed by atoms with Crippen molar-refractivity contribution in [2.75, 3.05) is 0 Å². The van der Waals surface area contributed by atoms with Crippen LogP contribution in [0, 0.1) is 11.8 Å². The van der Waals surface area contributed by atoms with Crippen LogP contribution < -0.4 is 0 Å². The quantitative estimate of drug-likeness (QED) is 0.526. The van der Waals surface area contributed by atoms with Crippen molar-refractivity contribution in [1.82, 2.24) is 3.11 Å². The molecule has 0 aromatic carbocycles. The Morgan fingerprint density at radius 2 is 1.67 bits per heavy atom. The fourth-order valence-corrected chi connectivity index (χ4v) is 3.72. The standard InChI is InChI=1S/C10H18IN/c1-7(2)8-5-9-3-4-10(6-8)12(9)11/h7-10H,3-6H2,1-2H3. The molecule has 0 amide bonds. The zero-order valence-electron chi connectivity index (χ0n) is 7.96. The lowest BCUT2D eigenvalue weighted by atomic mass is 9.84. The van der Waals surface area contributed by atoms with E-state index in [0.29, 0.717) is 0 Å². The fraction of sp³-hybridized carbons (Fsp3) is 1.00. The molecule has 0 aliphatic carbocycles. The van der Waals surface area contributed by atoms with Crippen LogP contribution in [0.5, 0.6) is 0 Å². The first-order valence-electron chi connectivity index (χ1n) is 5.12. The van der Waals surface area contributed by atoms with Gasteiger partial charge in [-0.3, -0.25) is 0 Å². The van der Waals surface area contributed by atoms with Crippen LogP contribution in [-0.4, -0.2) is 15.2 Å². The molecule has 0 aromatic heterocycles. The number of nitrogens with zero attached hydrogens (tertiary/aromatic N) is 1.